The maximum atomic E-state index is 13.3. The van der Waals surface area contributed by atoms with Gasteiger partial charge in [-0.05, 0) is 11.6 Å². The topological polar surface area (TPSA) is 109 Å². The van der Waals surface area contributed by atoms with Crippen LogP contribution in [0.25, 0.3) is 0 Å². The van der Waals surface area contributed by atoms with E-state index in [1.54, 1.807) is 0 Å². The van der Waals surface area contributed by atoms with Crippen LogP contribution >= 0.6 is 0 Å². The first-order valence-electron chi connectivity index (χ1n) is 7.97. The molecule has 2 heterocycles. The lowest BCUT2D eigenvalue weighted by Crippen LogP contribution is -2.26. The maximum absolute atomic E-state index is 13.3. The number of aromatic amines is 1. The first-order valence-corrected chi connectivity index (χ1v) is 7.97. The van der Waals surface area contributed by atoms with Crippen LogP contribution in [0.15, 0.2) is 60.0 Å². The van der Waals surface area contributed by atoms with E-state index in [9.17, 15) is 9.18 Å². The highest BCUT2D eigenvalue weighted by molar-refractivity contribution is 6.00. The number of amides is 1. The van der Waals surface area contributed by atoms with E-state index in [1.165, 1.54) is 30.4 Å². The van der Waals surface area contributed by atoms with E-state index in [0.717, 1.165) is 11.8 Å². The molecule has 0 fully saturated rings. The summed E-state index contributed by atoms with van der Waals surface area (Å²) in [4.78, 5) is 21.4. The number of anilines is 1. The number of aromatic nitrogens is 3. The summed E-state index contributed by atoms with van der Waals surface area (Å²) in [5, 5.41) is 6.53. The molecule has 3 N–H and O–H groups in total. The number of halogens is 1. The predicted molar refractivity (Wildman–Crippen MR) is 98.2 cm³/mol. The minimum absolute atomic E-state index is 0.0264. The first-order chi connectivity index (χ1) is 13.0. The monoisotopic (exact) mass is 368 g/mol. The maximum Gasteiger partial charge on any atom is 0.414 e. The average molecular weight is 368 g/mol. The van der Waals surface area contributed by atoms with E-state index in [2.05, 4.69) is 20.2 Å². The van der Waals surface area contributed by atoms with Crippen molar-refractivity contribution >= 4 is 23.4 Å². The molecule has 0 saturated carbocycles. The largest absolute Gasteiger partial charge is 0.444 e. The Bertz CT molecular complexity index is 957. The fourth-order valence-electron chi connectivity index (χ4n) is 2.25. The molecule has 0 spiro atoms. The van der Waals surface area contributed by atoms with Crippen molar-refractivity contribution in [3.05, 3.63) is 71.9 Å². The summed E-state index contributed by atoms with van der Waals surface area (Å²) < 4.78 is 18.6. The Kier molecular flexibility index (Phi) is 5.41. The number of carbonyl (C=O) groups is 1. The number of hydrogen-bond donors (Lipinski definition) is 2. The van der Waals surface area contributed by atoms with Gasteiger partial charge in [-0.1, -0.05) is 30.3 Å². The van der Waals surface area contributed by atoms with E-state index in [1.807, 2.05) is 30.3 Å². The fourth-order valence-corrected chi connectivity index (χ4v) is 2.25. The molecule has 0 bridgehead atoms. The lowest BCUT2D eigenvalue weighted by Gasteiger charge is -2.16. The number of rotatable bonds is 5. The van der Waals surface area contributed by atoms with Crippen LogP contribution in [0.5, 0.6) is 0 Å². The number of ether oxygens (including phenoxy) is 1. The summed E-state index contributed by atoms with van der Waals surface area (Å²) in [6, 6.07) is 10.5. The van der Waals surface area contributed by atoms with E-state index in [4.69, 9.17) is 10.5 Å². The Morgan fingerprint density at radius 3 is 2.81 bits per heavy atom. The molecule has 0 saturated heterocycles. The van der Waals surface area contributed by atoms with Crippen LogP contribution in [-0.4, -0.2) is 34.2 Å². The van der Waals surface area contributed by atoms with Gasteiger partial charge < -0.3 is 10.5 Å². The van der Waals surface area contributed by atoms with E-state index in [0.29, 0.717) is 11.3 Å². The van der Waals surface area contributed by atoms with Gasteiger partial charge in [-0.3, -0.25) is 15.0 Å². The van der Waals surface area contributed by atoms with Gasteiger partial charge in [0.2, 0.25) is 0 Å². The zero-order valence-corrected chi connectivity index (χ0v) is 14.5. The molecule has 0 atom stereocenters. The van der Waals surface area contributed by atoms with Gasteiger partial charge in [0.05, 0.1) is 12.4 Å². The molecule has 3 aromatic rings. The molecule has 0 unspecified atom stereocenters. The lowest BCUT2D eigenvalue weighted by molar-refractivity contribution is 0.148. The Hall–Kier alpha value is -3.75. The number of nitrogens with one attached hydrogen (secondary N) is 1. The number of H-pyrrole nitrogens is 1. The number of aliphatic imine (C=N–C) groups is 1. The van der Waals surface area contributed by atoms with Gasteiger partial charge in [0.15, 0.2) is 5.82 Å². The van der Waals surface area contributed by atoms with E-state index < -0.39 is 11.9 Å². The summed E-state index contributed by atoms with van der Waals surface area (Å²) in [6.07, 6.45) is 3.28. The SMILES string of the molecule is CN(C(=O)OCc1ccccc1)c1cn[nH]c1/N=C(\N)c1cncc(F)c1. The number of benzene rings is 1. The molecule has 2 aromatic heterocycles. The lowest BCUT2D eigenvalue weighted by atomic mass is 10.2. The number of hydrogen-bond acceptors (Lipinski definition) is 5. The third-order valence-electron chi connectivity index (χ3n) is 3.67. The van der Waals surface area contributed by atoms with Gasteiger partial charge in [-0.25, -0.2) is 14.2 Å². The van der Waals surface area contributed by atoms with Crippen molar-refractivity contribution in [1.29, 1.82) is 0 Å². The summed E-state index contributed by atoms with van der Waals surface area (Å²) in [5.41, 5.74) is 7.44. The van der Waals surface area contributed by atoms with Crippen molar-refractivity contribution in [1.82, 2.24) is 15.2 Å². The Morgan fingerprint density at radius 2 is 2.07 bits per heavy atom. The molecule has 8 nitrogen and oxygen atoms in total. The highest BCUT2D eigenvalue weighted by Gasteiger charge is 2.18. The Labute approximate surface area is 154 Å². The zero-order chi connectivity index (χ0) is 19.2. The first kappa shape index (κ1) is 18.1. The van der Waals surface area contributed by atoms with Gasteiger partial charge in [-0.2, -0.15) is 5.10 Å². The van der Waals surface area contributed by atoms with Crippen LogP contribution in [0.3, 0.4) is 0 Å². The van der Waals surface area contributed by atoms with Gasteiger partial charge in [0.25, 0.3) is 0 Å². The van der Waals surface area contributed by atoms with Crippen LogP contribution in [-0.2, 0) is 11.3 Å². The number of carbonyl (C=O) groups excluding carboxylic acids is 1. The number of pyridine rings is 1. The molecule has 9 heteroatoms. The molecular weight excluding hydrogens is 351 g/mol. The summed E-state index contributed by atoms with van der Waals surface area (Å²) >= 11 is 0. The van der Waals surface area contributed by atoms with Gasteiger partial charge in [-0.15, -0.1) is 0 Å². The fraction of sp³-hybridized carbons (Fsp3) is 0.111. The highest BCUT2D eigenvalue weighted by Crippen LogP contribution is 2.25. The van der Waals surface area contributed by atoms with Crippen molar-refractivity contribution in [2.24, 2.45) is 10.7 Å². The quantitative estimate of drug-likeness (QED) is 0.532. The number of nitrogens with zero attached hydrogens (tertiary/aromatic N) is 4. The van der Waals surface area contributed by atoms with Crippen LogP contribution in [0, 0.1) is 5.82 Å². The molecule has 0 radical (unpaired) electrons. The summed E-state index contributed by atoms with van der Waals surface area (Å²) in [6.45, 7) is 0.136. The molecular formula is C18H17FN6O2. The third kappa shape index (κ3) is 4.46. The predicted octanol–water partition coefficient (Wildman–Crippen LogP) is 2.75. The second-order valence-electron chi connectivity index (χ2n) is 5.59. The molecule has 27 heavy (non-hydrogen) atoms. The third-order valence-corrected chi connectivity index (χ3v) is 3.67. The average Bonchev–Trinajstić information content (AvgIpc) is 3.14. The second kappa shape index (κ2) is 8.09. The van der Waals surface area contributed by atoms with Gasteiger partial charge >= 0.3 is 6.09 Å². The van der Waals surface area contributed by atoms with E-state index in [-0.39, 0.29) is 18.3 Å². The van der Waals surface area contributed by atoms with Crippen molar-refractivity contribution in [2.75, 3.05) is 11.9 Å². The molecule has 138 valence electrons. The van der Waals surface area contributed by atoms with Crippen molar-refractivity contribution in [3.8, 4) is 0 Å². The van der Waals surface area contributed by atoms with Gasteiger partial charge in [0.1, 0.15) is 23.9 Å². The van der Waals surface area contributed by atoms with Crippen LogP contribution in [0.2, 0.25) is 0 Å². The summed E-state index contributed by atoms with van der Waals surface area (Å²) in [7, 11) is 1.52. The standard InChI is InChI=1S/C18H17FN6O2/c1-25(18(26)27-11-12-5-3-2-4-6-12)15-10-22-24-17(15)23-16(20)13-7-14(19)9-21-8-13/h2-10H,11H2,1H3,(H3,20,22,23,24). The van der Waals surface area contributed by atoms with E-state index >= 15 is 0 Å². The molecule has 0 aliphatic rings. The highest BCUT2D eigenvalue weighted by atomic mass is 19.1. The molecule has 0 aliphatic carbocycles. The minimum Gasteiger partial charge on any atom is -0.444 e. The van der Waals surface area contributed by atoms with Crippen LogP contribution in [0.1, 0.15) is 11.1 Å². The zero-order valence-electron chi connectivity index (χ0n) is 14.5. The van der Waals surface area contributed by atoms with Crippen LogP contribution in [0.4, 0.5) is 20.7 Å². The van der Waals surface area contributed by atoms with Crippen molar-refractivity contribution in [3.63, 3.8) is 0 Å². The molecule has 1 aromatic carbocycles. The normalized spacial score (nSPS) is 11.3. The molecule has 3 rings (SSSR count). The summed E-state index contributed by atoms with van der Waals surface area (Å²) in [5.74, 6) is -0.272. The van der Waals surface area contributed by atoms with Crippen LogP contribution < -0.4 is 10.6 Å². The van der Waals surface area contributed by atoms with Gasteiger partial charge in [0, 0.05) is 18.8 Å². The Morgan fingerprint density at radius 1 is 1.30 bits per heavy atom. The number of amidine groups is 1. The second-order valence-corrected chi connectivity index (χ2v) is 5.59. The van der Waals surface area contributed by atoms with Crippen molar-refractivity contribution in [2.45, 2.75) is 6.61 Å². The molecule has 0 aliphatic heterocycles. The Balaban J connectivity index is 1.73. The van der Waals surface area contributed by atoms with Crippen molar-refractivity contribution < 1.29 is 13.9 Å². The minimum atomic E-state index is -0.581. The number of nitrogens with two attached hydrogens (primary N) is 1. The smallest absolute Gasteiger partial charge is 0.414 e. The molecule has 1 amide bonds.